The number of carbonyl (C=O) groups excluding carboxylic acids is 4. The Balaban J connectivity index is 2.13. The van der Waals surface area contributed by atoms with Gasteiger partial charge in [-0.05, 0) is 5.56 Å². The summed E-state index contributed by atoms with van der Waals surface area (Å²) < 4.78 is 26.5. The molecule has 10 heteroatoms. The molecular weight excluding hydrogens is 386 g/mol. The SMILES string of the molecule is CC(=O)O[C@H]1[C@H](OC(C)=O)[CH][C@@H](OCc2ccccc2)O[C@@H]1COC(=O)C(N)=O. The van der Waals surface area contributed by atoms with Gasteiger partial charge in [0.2, 0.25) is 0 Å². The van der Waals surface area contributed by atoms with Gasteiger partial charge in [-0.25, -0.2) is 4.79 Å². The third kappa shape index (κ3) is 7.16. The fourth-order valence-corrected chi connectivity index (χ4v) is 2.61. The molecule has 1 aromatic rings. The minimum atomic E-state index is -1.29. The third-order valence-electron chi connectivity index (χ3n) is 3.79. The average molecular weight is 408 g/mol. The second-order valence-corrected chi connectivity index (χ2v) is 6.14. The van der Waals surface area contributed by atoms with Gasteiger partial charge >= 0.3 is 23.8 Å². The molecule has 29 heavy (non-hydrogen) atoms. The maximum atomic E-state index is 11.5. The van der Waals surface area contributed by atoms with Crippen molar-refractivity contribution in [3.8, 4) is 0 Å². The summed E-state index contributed by atoms with van der Waals surface area (Å²) in [5.74, 6) is -3.86. The Labute approximate surface area is 167 Å². The molecule has 4 atom stereocenters. The van der Waals surface area contributed by atoms with E-state index in [0.29, 0.717) is 0 Å². The Hall–Kier alpha value is -2.98. The lowest BCUT2D eigenvalue weighted by Crippen LogP contribution is -2.54. The molecule has 0 saturated carbocycles. The van der Waals surface area contributed by atoms with E-state index in [1.807, 2.05) is 30.3 Å². The van der Waals surface area contributed by atoms with E-state index in [9.17, 15) is 19.2 Å². The number of ether oxygens (including phenoxy) is 5. The smallest absolute Gasteiger partial charge is 0.396 e. The van der Waals surface area contributed by atoms with Crippen molar-refractivity contribution in [1.82, 2.24) is 0 Å². The van der Waals surface area contributed by atoms with Gasteiger partial charge in [0.25, 0.3) is 0 Å². The van der Waals surface area contributed by atoms with E-state index in [1.54, 1.807) is 0 Å². The summed E-state index contributed by atoms with van der Waals surface area (Å²) in [5, 5.41) is 0. The molecule has 1 radical (unpaired) electrons. The molecule has 2 rings (SSSR count). The third-order valence-corrected chi connectivity index (χ3v) is 3.79. The lowest BCUT2D eigenvalue weighted by Gasteiger charge is -2.39. The summed E-state index contributed by atoms with van der Waals surface area (Å²) in [4.78, 5) is 45.2. The lowest BCUT2D eigenvalue weighted by molar-refractivity contribution is -0.245. The van der Waals surface area contributed by atoms with E-state index in [0.717, 1.165) is 12.5 Å². The first kappa shape index (κ1) is 22.3. The highest BCUT2D eigenvalue weighted by atomic mass is 16.7. The molecule has 157 valence electrons. The predicted molar refractivity (Wildman–Crippen MR) is 95.5 cm³/mol. The van der Waals surface area contributed by atoms with Crippen LogP contribution in [0.1, 0.15) is 19.4 Å². The molecule has 1 fully saturated rings. The number of hydrogen-bond acceptors (Lipinski definition) is 9. The monoisotopic (exact) mass is 408 g/mol. The first-order valence-electron chi connectivity index (χ1n) is 8.73. The van der Waals surface area contributed by atoms with Crippen LogP contribution in [0, 0.1) is 6.42 Å². The van der Waals surface area contributed by atoms with Crippen molar-refractivity contribution in [3.63, 3.8) is 0 Å². The summed E-state index contributed by atoms with van der Waals surface area (Å²) in [6.45, 7) is 2.06. The Morgan fingerprint density at radius 3 is 2.28 bits per heavy atom. The average Bonchev–Trinajstić information content (AvgIpc) is 2.66. The topological polar surface area (TPSA) is 140 Å². The highest BCUT2D eigenvalue weighted by Crippen LogP contribution is 2.27. The van der Waals surface area contributed by atoms with E-state index in [2.05, 4.69) is 0 Å². The number of nitrogens with two attached hydrogens (primary N) is 1. The maximum Gasteiger partial charge on any atom is 0.396 e. The highest BCUT2D eigenvalue weighted by Gasteiger charge is 2.44. The Morgan fingerprint density at radius 1 is 1.03 bits per heavy atom. The first-order valence-corrected chi connectivity index (χ1v) is 8.73. The van der Waals surface area contributed by atoms with Crippen molar-refractivity contribution in [3.05, 3.63) is 42.3 Å². The molecule has 2 N–H and O–H groups in total. The van der Waals surface area contributed by atoms with Crippen LogP contribution in [0.3, 0.4) is 0 Å². The molecule has 10 nitrogen and oxygen atoms in total. The predicted octanol–water partition coefficient (Wildman–Crippen LogP) is 0.0243. The van der Waals surface area contributed by atoms with Gasteiger partial charge in [0, 0.05) is 13.8 Å². The molecule has 0 aromatic heterocycles. The van der Waals surface area contributed by atoms with E-state index in [4.69, 9.17) is 29.4 Å². The Bertz CT molecular complexity index is 736. The second-order valence-electron chi connectivity index (χ2n) is 6.14. The molecular formula is C19H22NO9. The van der Waals surface area contributed by atoms with E-state index in [1.165, 1.54) is 13.3 Å². The van der Waals surface area contributed by atoms with E-state index in [-0.39, 0.29) is 6.61 Å². The largest absolute Gasteiger partial charge is 0.458 e. The summed E-state index contributed by atoms with van der Waals surface area (Å²) in [6, 6.07) is 9.24. The van der Waals surface area contributed by atoms with Crippen molar-refractivity contribution in [2.75, 3.05) is 6.61 Å². The van der Waals surface area contributed by atoms with Crippen LogP contribution in [0.4, 0.5) is 0 Å². The van der Waals surface area contributed by atoms with Crippen LogP contribution >= 0.6 is 0 Å². The molecule has 1 aliphatic rings. The van der Waals surface area contributed by atoms with Gasteiger partial charge in [-0.15, -0.1) is 0 Å². The molecule has 0 aliphatic carbocycles. The summed E-state index contributed by atoms with van der Waals surface area (Å²) in [6.07, 6.45) is -2.76. The number of carbonyl (C=O) groups is 4. The van der Waals surface area contributed by atoms with Gasteiger partial charge in [-0.2, -0.15) is 0 Å². The summed E-state index contributed by atoms with van der Waals surface area (Å²) in [5.41, 5.74) is 5.73. The highest BCUT2D eigenvalue weighted by molar-refractivity contribution is 6.31. The number of amides is 1. The minimum Gasteiger partial charge on any atom is -0.458 e. The number of benzene rings is 1. The Morgan fingerprint density at radius 2 is 1.69 bits per heavy atom. The first-order chi connectivity index (χ1) is 13.8. The molecule has 0 spiro atoms. The van der Waals surface area contributed by atoms with Crippen molar-refractivity contribution >= 4 is 23.8 Å². The van der Waals surface area contributed by atoms with Crippen molar-refractivity contribution in [1.29, 1.82) is 0 Å². The van der Waals surface area contributed by atoms with Crippen molar-refractivity contribution in [2.24, 2.45) is 5.73 Å². The van der Waals surface area contributed by atoms with E-state index >= 15 is 0 Å². The summed E-state index contributed by atoms with van der Waals surface area (Å²) >= 11 is 0. The normalized spacial score (nSPS) is 23.7. The zero-order chi connectivity index (χ0) is 21.4. The Kier molecular flexibility index (Phi) is 8.10. The van der Waals surface area contributed by atoms with Crippen LogP contribution in [0.5, 0.6) is 0 Å². The van der Waals surface area contributed by atoms with Crippen molar-refractivity contribution < 1.29 is 42.9 Å². The number of esters is 3. The number of rotatable bonds is 7. The maximum absolute atomic E-state index is 11.5. The minimum absolute atomic E-state index is 0.181. The van der Waals surface area contributed by atoms with Crippen LogP contribution in [-0.4, -0.2) is 55.0 Å². The summed E-state index contributed by atoms with van der Waals surface area (Å²) in [7, 11) is 0. The molecule has 1 aromatic carbocycles. The molecule has 0 bridgehead atoms. The van der Waals surface area contributed by atoms with E-state index < -0.39 is 55.0 Å². The zero-order valence-electron chi connectivity index (χ0n) is 15.9. The van der Waals surface area contributed by atoms with Gasteiger partial charge in [-0.1, -0.05) is 30.3 Å². The van der Waals surface area contributed by atoms with Crippen LogP contribution < -0.4 is 5.73 Å². The van der Waals surface area contributed by atoms with Crippen LogP contribution in [0.25, 0.3) is 0 Å². The quantitative estimate of drug-likeness (QED) is 0.376. The van der Waals surface area contributed by atoms with Crippen molar-refractivity contribution in [2.45, 2.75) is 45.1 Å². The van der Waals surface area contributed by atoms with Crippen LogP contribution in [0.2, 0.25) is 0 Å². The standard InChI is InChI=1S/C19H22NO9/c1-11(21)27-14-8-16(25-9-13-6-4-3-5-7-13)29-15(17(14)28-12(2)22)10-26-19(24)18(20)23/h3-8,14-17H,9-10H2,1-2H3,(H2,20,23)/t14-,15-,16+,17+/m1/s1. The van der Waals surface area contributed by atoms with Crippen LogP contribution in [-0.2, 0) is 49.5 Å². The lowest BCUT2D eigenvalue weighted by atomic mass is 10.0. The molecule has 1 heterocycles. The number of hydrogen-bond donors (Lipinski definition) is 1. The van der Waals surface area contributed by atoms with Gasteiger partial charge < -0.3 is 29.4 Å². The van der Waals surface area contributed by atoms with Gasteiger partial charge in [0.15, 0.2) is 12.4 Å². The van der Waals surface area contributed by atoms with Gasteiger partial charge in [-0.3, -0.25) is 14.4 Å². The second kappa shape index (κ2) is 10.5. The number of primary amides is 1. The van der Waals surface area contributed by atoms with Gasteiger partial charge in [0.05, 0.1) is 13.0 Å². The zero-order valence-corrected chi connectivity index (χ0v) is 15.9. The fourth-order valence-electron chi connectivity index (χ4n) is 2.61. The molecule has 1 amide bonds. The van der Waals surface area contributed by atoms with Gasteiger partial charge in [0.1, 0.15) is 18.8 Å². The molecule has 1 saturated heterocycles. The van der Waals surface area contributed by atoms with Crippen LogP contribution in [0.15, 0.2) is 30.3 Å². The molecule has 1 aliphatic heterocycles. The fraction of sp³-hybridized carbons (Fsp3) is 0.421. The molecule has 0 unspecified atom stereocenters.